The zero-order chi connectivity index (χ0) is 24.8. The summed E-state index contributed by atoms with van der Waals surface area (Å²) in [6, 6.07) is 0. The van der Waals surface area contributed by atoms with Crippen molar-refractivity contribution in [3.8, 4) is 0 Å². The van der Waals surface area contributed by atoms with Gasteiger partial charge in [0.2, 0.25) is 0 Å². The lowest BCUT2D eigenvalue weighted by Crippen LogP contribution is -2.48. The Morgan fingerprint density at radius 1 is 0.938 bits per heavy atom. The Morgan fingerprint density at radius 3 is 2.03 bits per heavy atom. The van der Waals surface area contributed by atoms with Crippen molar-refractivity contribution in [1.29, 1.82) is 0 Å². The first-order chi connectivity index (χ1) is 14.9. The van der Waals surface area contributed by atoms with Crippen molar-refractivity contribution in [2.45, 2.75) is 84.4 Å². The summed E-state index contributed by atoms with van der Waals surface area (Å²) in [5, 5.41) is 47.6. The second-order valence-corrected chi connectivity index (χ2v) is 8.26. The molecule has 9 heteroatoms. The van der Waals surface area contributed by atoms with E-state index >= 15 is 0 Å². The van der Waals surface area contributed by atoms with Crippen LogP contribution in [0.5, 0.6) is 0 Å². The van der Waals surface area contributed by atoms with Gasteiger partial charge < -0.3 is 35.0 Å². The summed E-state index contributed by atoms with van der Waals surface area (Å²) in [6.45, 7) is 7.09. The molecule has 0 aromatic heterocycles. The standard InChI is InChI=1S/C23H40O9/c1-14(2)7-6-8-15(3)18(27)11-21(32-17(5)26)16(4)9-10-31-23(20(29)13-25)22(30)19(28)12-24/h7,9,15,19-25,28-30H,6,8,10-13H2,1-5H3/b16-9+/t15?,19-,20-,21?,22-,23-/m1/s1. The SMILES string of the molecule is CC(=O)OC(CC(=O)C(C)CCC=C(C)C)/C(C)=C/CO[C@@H]([C@H](O)[C@H](O)CO)[C@H](O)CO. The molecule has 0 saturated carbocycles. The van der Waals surface area contributed by atoms with Crippen LogP contribution in [0, 0.1) is 5.92 Å². The van der Waals surface area contributed by atoms with Crippen molar-refractivity contribution in [3.05, 3.63) is 23.3 Å². The van der Waals surface area contributed by atoms with Crippen LogP contribution in [-0.4, -0.2) is 87.6 Å². The number of Topliss-reactive ketones (excluding diaryl/α,β-unsaturated/α-hetero) is 1. The van der Waals surface area contributed by atoms with Crippen LogP contribution >= 0.6 is 0 Å². The van der Waals surface area contributed by atoms with Crippen LogP contribution in [0.1, 0.15) is 53.9 Å². The van der Waals surface area contributed by atoms with Gasteiger partial charge >= 0.3 is 5.97 Å². The maximum absolute atomic E-state index is 12.6. The van der Waals surface area contributed by atoms with Crippen molar-refractivity contribution < 1.29 is 44.6 Å². The fourth-order valence-corrected chi connectivity index (χ4v) is 2.95. The molecule has 0 fully saturated rings. The molecular formula is C23H40O9. The van der Waals surface area contributed by atoms with Crippen LogP contribution in [0.2, 0.25) is 0 Å². The van der Waals surface area contributed by atoms with Crippen molar-refractivity contribution in [2.24, 2.45) is 5.92 Å². The zero-order valence-corrected chi connectivity index (χ0v) is 19.7. The first-order valence-corrected chi connectivity index (χ1v) is 10.8. The Morgan fingerprint density at radius 2 is 1.53 bits per heavy atom. The number of hydrogen-bond donors (Lipinski definition) is 5. The highest BCUT2D eigenvalue weighted by molar-refractivity contribution is 5.82. The zero-order valence-electron chi connectivity index (χ0n) is 19.7. The monoisotopic (exact) mass is 460 g/mol. The Labute approximate surface area is 190 Å². The molecule has 9 nitrogen and oxygen atoms in total. The fraction of sp³-hybridized carbons (Fsp3) is 0.739. The van der Waals surface area contributed by atoms with Crippen molar-refractivity contribution in [1.82, 2.24) is 0 Å². The quantitative estimate of drug-likeness (QED) is 0.165. The minimum Gasteiger partial charge on any atom is -0.458 e. The van der Waals surface area contributed by atoms with Crippen molar-refractivity contribution in [2.75, 3.05) is 19.8 Å². The molecule has 0 heterocycles. The normalized spacial score (nSPS) is 17.6. The number of esters is 1. The summed E-state index contributed by atoms with van der Waals surface area (Å²) in [5.74, 6) is -0.780. The van der Waals surface area contributed by atoms with E-state index in [0.717, 1.165) is 6.42 Å². The minimum absolute atomic E-state index is 0.00640. The van der Waals surface area contributed by atoms with Crippen LogP contribution in [0.25, 0.3) is 0 Å². The van der Waals surface area contributed by atoms with Gasteiger partial charge in [-0.1, -0.05) is 24.6 Å². The van der Waals surface area contributed by atoms with Gasteiger partial charge in [-0.25, -0.2) is 0 Å². The van der Waals surface area contributed by atoms with Crippen molar-refractivity contribution in [3.63, 3.8) is 0 Å². The van der Waals surface area contributed by atoms with Crippen LogP contribution < -0.4 is 0 Å². The molecule has 0 aliphatic carbocycles. The highest BCUT2D eigenvalue weighted by Crippen LogP contribution is 2.18. The van der Waals surface area contributed by atoms with Gasteiger partial charge in [0, 0.05) is 19.3 Å². The highest BCUT2D eigenvalue weighted by atomic mass is 16.5. The Hall–Kier alpha value is -1.62. The Kier molecular flexibility index (Phi) is 15.3. The summed E-state index contributed by atoms with van der Waals surface area (Å²) in [7, 11) is 0. The van der Waals surface area contributed by atoms with E-state index in [2.05, 4.69) is 6.08 Å². The highest BCUT2D eigenvalue weighted by Gasteiger charge is 2.32. The molecule has 6 atom stereocenters. The largest absolute Gasteiger partial charge is 0.458 e. The molecule has 5 N–H and O–H groups in total. The first-order valence-electron chi connectivity index (χ1n) is 10.8. The molecule has 0 rings (SSSR count). The molecule has 0 amide bonds. The van der Waals surface area contributed by atoms with E-state index in [1.54, 1.807) is 6.92 Å². The van der Waals surface area contributed by atoms with Crippen LogP contribution in [0.4, 0.5) is 0 Å². The Bertz CT molecular complexity index is 625. The van der Waals surface area contributed by atoms with E-state index in [-0.39, 0.29) is 24.7 Å². The van der Waals surface area contributed by atoms with Gasteiger partial charge in [0.05, 0.1) is 19.8 Å². The predicted molar refractivity (Wildman–Crippen MR) is 119 cm³/mol. The summed E-state index contributed by atoms with van der Waals surface area (Å²) < 4.78 is 10.7. The maximum Gasteiger partial charge on any atom is 0.303 e. The van der Waals surface area contributed by atoms with E-state index in [1.807, 2.05) is 20.8 Å². The van der Waals surface area contributed by atoms with Crippen LogP contribution in [0.3, 0.4) is 0 Å². The molecular weight excluding hydrogens is 420 g/mol. The maximum atomic E-state index is 12.6. The number of rotatable bonds is 16. The number of ketones is 1. The van der Waals surface area contributed by atoms with Gasteiger partial charge in [-0.3, -0.25) is 9.59 Å². The molecule has 0 aliphatic rings. The molecule has 0 aliphatic heterocycles. The third kappa shape index (κ3) is 11.8. The van der Waals surface area contributed by atoms with Gasteiger partial charge in [0.25, 0.3) is 0 Å². The van der Waals surface area contributed by atoms with Crippen molar-refractivity contribution >= 4 is 11.8 Å². The second kappa shape index (κ2) is 16.1. The van der Waals surface area contributed by atoms with E-state index in [9.17, 15) is 24.9 Å². The molecule has 2 unspecified atom stereocenters. The number of aliphatic hydroxyl groups is 5. The average Bonchev–Trinajstić information content (AvgIpc) is 2.73. The van der Waals surface area contributed by atoms with Gasteiger partial charge in [-0.15, -0.1) is 0 Å². The van der Waals surface area contributed by atoms with Crippen LogP contribution in [-0.2, 0) is 19.1 Å². The third-order valence-corrected chi connectivity index (χ3v) is 5.08. The summed E-state index contributed by atoms with van der Waals surface area (Å²) in [5.41, 5.74) is 1.72. The predicted octanol–water partition coefficient (Wildman–Crippen LogP) is 0.659. The molecule has 0 bridgehead atoms. The van der Waals surface area contributed by atoms with E-state index < -0.39 is 49.7 Å². The second-order valence-electron chi connectivity index (χ2n) is 8.26. The molecule has 32 heavy (non-hydrogen) atoms. The number of aliphatic hydroxyl groups excluding tert-OH is 5. The molecule has 0 aromatic rings. The van der Waals surface area contributed by atoms with Crippen LogP contribution in [0.15, 0.2) is 23.3 Å². The number of allylic oxidation sites excluding steroid dienone is 2. The lowest BCUT2D eigenvalue weighted by molar-refractivity contribution is -0.146. The van der Waals surface area contributed by atoms with Gasteiger partial charge in [0.15, 0.2) is 0 Å². The van der Waals surface area contributed by atoms with Gasteiger partial charge in [-0.05, 0) is 39.2 Å². The third-order valence-electron chi connectivity index (χ3n) is 5.08. The van der Waals surface area contributed by atoms with Gasteiger partial charge in [0.1, 0.15) is 36.3 Å². The minimum atomic E-state index is -1.64. The number of ether oxygens (including phenoxy) is 2. The number of carbonyl (C=O) groups is 2. The summed E-state index contributed by atoms with van der Waals surface area (Å²) >= 11 is 0. The lowest BCUT2D eigenvalue weighted by Gasteiger charge is -2.29. The van der Waals surface area contributed by atoms with Gasteiger partial charge in [-0.2, -0.15) is 0 Å². The van der Waals surface area contributed by atoms with E-state index in [0.29, 0.717) is 12.0 Å². The smallest absolute Gasteiger partial charge is 0.303 e. The Balaban J connectivity index is 5.17. The summed E-state index contributed by atoms with van der Waals surface area (Å²) in [4.78, 5) is 24.1. The van der Waals surface area contributed by atoms with E-state index in [4.69, 9.17) is 19.7 Å². The molecule has 186 valence electrons. The average molecular weight is 461 g/mol. The fourth-order valence-electron chi connectivity index (χ4n) is 2.95. The first kappa shape index (κ1) is 30.4. The topological polar surface area (TPSA) is 154 Å². The molecule has 0 spiro atoms. The molecule has 0 aromatic carbocycles. The number of carbonyl (C=O) groups excluding carboxylic acids is 2. The summed E-state index contributed by atoms with van der Waals surface area (Å²) in [6.07, 6.45) is -1.77. The van der Waals surface area contributed by atoms with E-state index in [1.165, 1.54) is 18.6 Å². The molecule has 0 radical (unpaired) electrons. The molecule has 0 saturated heterocycles. The number of hydrogen-bond acceptors (Lipinski definition) is 9. The lowest BCUT2D eigenvalue weighted by atomic mass is 9.94.